The number of aryl methyl sites for hydroxylation is 1. The van der Waals surface area contributed by atoms with Crippen LogP contribution in [0.5, 0.6) is 11.5 Å². The molecule has 0 spiro atoms. The number of hydrogen-bond donors (Lipinski definition) is 1. The monoisotopic (exact) mass is 410 g/mol. The Balaban J connectivity index is 1.55. The van der Waals surface area contributed by atoms with E-state index in [9.17, 15) is 9.18 Å². The molecule has 1 aromatic heterocycles. The maximum Gasteiger partial charge on any atom is 0.303 e. The lowest BCUT2D eigenvalue weighted by Crippen LogP contribution is -2.06. The highest BCUT2D eigenvalue weighted by atomic mass is 19.1. The van der Waals surface area contributed by atoms with Gasteiger partial charge in [0.2, 0.25) is 0 Å². The summed E-state index contributed by atoms with van der Waals surface area (Å²) in [7, 11) is 1.55. The molecular weight excluding hydrogens is 387 g/mol. The van der Waals surface area contributed by atoms with Gasteiger partial charge in [-0.1, -0.05) is 12.1 Å². The summed E-state index contributed by atoms with van der Waals surface area (Å²) in [6.45, 7) is 0.305. The molecule has 0 amide bonds. The Labute approximate surface area is 173 Å². The van der Waals surface area contributed by atoms with E-state index in [2.05, 4.69) is 5.10 Å². The Bertz CT molecular complexity index is 1060. The first-order valence-electron chi connectivity index (χ1n) is 9.89. The molecule has 6 nitrogen and oxygen atoms in total. The van der Waals surface area contributed by atoms with Crippen LogP contribution in [0.4, 0.5) is 4.39 Å². The summed E-state index contributed by atoms with van der Waals surface area (Å²) in [6.07, 6.45) is 4.33. The lowest BCUT2D eigenvalue weighted by atomic mass is 10.1. The van der Waals surface area contributed by atoms with Crippen molar-refractivity contribution < 1.29 is 23.8 Å². The van der Waals surface area contributed by atoms with E-state index in [1.54, 1.807) is 30.1 Å². The zero-order valence-electron chi connectivity index (χ0n) is 16.7. The molecule has 0 radical (unpaired) electrons. The van der Waals surface area contributed by atoms with E-state index in [4.69, 9.17) is 14.6 Å². The van der Waals surface area contributed by atoms with Crippen LogP contribution in [-0.4, -0.2) is 28.0 Å². The Morgan fingerprint density at radius 3 is 2.80 bits per heavy atom. The van der Waals surface area contributed by atoms with Crippen LogP contribution in [0.15, 0.2) is 48.7 Å². The van der Waals surface area contributed by atoms with Crippen molar-refractivity contribution in [2.45, 2.75) is 38.2 Å². The van der Waals surface area contributed by atoms with Crippen molar-refractivity contribution in [1.29, 1.82) is 0 Å². The van der Waals surface area contributed by atoms with Crippen molar-refractivity contribution in [2.75, 3.05) is 7.11 Å². The summed E-state index contributed by atoms with van der Waals surface area (Å²) in [4.78, 5) is 10.8. The van der Waals surface area contributed by atoms with Gasteiger partial charge in [0.25, 0.3) is 0 Å². The predicted octanol–water partition coefficient (Wildman–Crippen LogP) is 4.49. The van der Waals surface area contributed by atoms with Crippen molar-refractivity contribution in [3.63, 3.8) is 0 Å². The van der Waals surface area contributed by atoms with Gasteiger partial charge >= 0.3 is 5.97 Å². The Morgan fingerprint density at radius 2 is 2.07 bits per heavy atom. The van der Waals surface area contributed by atoms with Crippen molar-refractivity contribution in [3.05, 3.63) is 71.3 Å². The SMILES string of the molecule is COc1ccc(F)c(-n2ncc(COc3cccc(CCC(=O)O)c3)c2C2CC2)c1. The van der Waals surface area contributed by atoms with Crippen LogP contribution < -0.4 is 9.47 Å². The van der Waals surface area contributed by atoms with E-state index in [-0.39, 0.29) is 12.2 Å². The van der Waals surface area contributed by atoms with E-state index < -0.39 is 5.97 Å². The summed E-state index contributed by atoms with van der Waals surface area (Å²) in [5.74, 6) is 0.380. The Hall–Kier alpha value is -3.35. The molecular formula is C23H23FN2O4. The van der Waals surface area contributed by atoms with Crippen molar-refractivity contribution >= 4 is 5.97 Å². The zero-order valence-corrected chi connectivity index (χ0v) is 16.7. The topological polar surface area (TPSA) is 73.6 Å². The normalized spacial score (nSPS) is 13.3. The number of aromatic nitrogens is 2. The number of benzene rings is 2. The Kier molecular flexibility index (Phi) is 5.70. The third-order valence-electron chi connectivity index (χ3n) is 5.15. The van der Waals surface area contributed by atoms with E-state index in [0.29, 0.717) is 36.1 Å². The van der Waals surface area contributed by atoms with Gasteiger partial charge in [-0.05, 0) is 49.1 Å². The van der Waals surface area contributed by atoms with Gasteiger partial charge < -0.3 is 14.6 Å². The van der Waals surface area contributed by atoms with Gasteiger partial charge in [-0.25, -0.2) is 9.07 Å². The van der Waals surface area contributed by atoms with Gasteiger partial charge in [0.05, 0.1) is 19.0 Å². The average Bonchev–Trinajstić information content (AvgIpc) is 3.50. The number of carboxylic acid groups (broad SMARTS) is 1. The minimum atomic E-state index is -0.826. The molecule has 1 heterocycles. The second kappa shape index (κ2) is 8.57. The molecule has 0 saturated heterocycles. The van der Waals surface area contributed by atoms with Gasteiger partial charge in [0.1, 0.15) is 29.6 Å². The summed E-state index contributed by atoms with van der Waals surface area (Å²) in [6, 6.07) is 12.0. The highest BCUT2D eigenvalue weighted by Gasteiger charge is 2.31. The lowest BCUT2D eigenvalue weighted by molar-refractivity contribution is -0.136. The first kappa shape index (κ1) is 19.9. The van der Waals surface area contributed by atoms with Crippen LogP contribution >= 0.6 is 0 Å². The van der Waals surface area contributed by atoms with Crippen molar-refractivity contribution in [1.82, 2.24) is 9.78 Å². The molecule has 7 heteroatoms. The standard InChI is InChI=1S/C23H23FN2O4/c1-29-18-8-9-20(24)21(12-18)26-23(16-6-7-16)17(13-25-26)14-30-19-4-2-3-15(11-19)5-10-22(27)28/h2-4,8-9,11-13,16H,5-7,10,14H2,1H3,(H,27,28). The zero-order chi connectivity index (χ0) is 21.1. The maximum absolute atomic E-state index is 14.5. The number of aliphatic carboxylic acids is 1. The van der Waals surface area contributed by atoms with Crippen molar-refractivity contribution in [3.8, 4) is 17.2 Å². The number of hydrogen-bond acceptors (Lipinski definition) is 4. The molecule has 1 aliphatic carbocycles. The quantitative estimate of drug-likeness (QED) is 0.563. The smallest absolute Gasteiger partial charge is 0.303 e. The second-order valence-corrected chi connectivity index (χ2v) is 7.39. The molecule has 1 saturated carbocycles. The fourth-order valence-electron chi connectivity index (χ4n) is 3.47. The molecule has 0 unspecified atom stereocenters. The number of carbonyl (C=O) groups is 1. The van der Waals surface area contributed by atoms with Crippen LogP contribution in [-0.2, 0) is 17.8 Å². The third kappa shape index (κ3) is 4.45. The number of carboxylic acids is 1. The molecule has 30 heavy (non-hydrogen) atoms. The molecule has 156 valence electrons. The first-order chi connectivity index (χ1) is 14.5. The molecule has 0 aliphatic heterocycles. The van der Waals surface area contributed by atoms with E-state index in [0.717, 1.165) is 29.7 Å². The summed E-state index contributed by atoms with van der Waals surface area (Å²) in [5.41, 5.74) is 3.14. The lowest BCUT2D eigenvalue weighted by Gasteiger charge is -2.12. The van der Waals surface area contributed by atoms with Gasteiger partial charge in [-0.2, -0.15) is 5.10 Å². The van der Waals surface area contributed by atoms with E-state index in [1.165, 1.54) is 6.07 Å². The van der Waals surface area contributed by atoms with Gasteiger partial charge in [0, 0.05) is 24.0 Å². The third-order valence-corrected chi connectivity index (χ3v) is 5.15. The number of methoxy groups -OCH3 is 1. The maximum atomic E-state index is 14.5. The van der Waals surface area contributed by atoms with Crippen LogP contribution in [0.2, 0.25) is 0 Å². The van der Waals surface area contributed by atoms with Crippen LogP contribution in [0.3, 0.4) is 0 Å². The van der Waals surface area contributed by atoms with Gasteiger partial charge in [-0.15, -0.1) is 0 Å². The summed E-state index contributed by atoms with van der Waals surface area (Å²) in [5, 5.41) is 13.3. The fourth-order valence-corrected chi connectivity index (χ4v) is 3.47. The molecule has 0 atom stereocenters. The molecule has 0 bridgehead atoms. The average molecular weight is 410 g/mol. The highest BCUT2D eigenvalue weighted by Crippen LogP contribution is 2.43. The minimum absolute atomic E-state index is 0.0775. The predicted molar refractivity (Wildman–Crippen MR) is 109 cm³/mol. The summed E-state index contributed by atoms with van der Waals surface area (Å²) >= 11 is 0. The fraction of sp³-hybridized carbons (Fsp3) is 0.304. The minimum Gasteiger partial charge on any atom is -0.497 e. The number of nitrogens with zero attached hydrogens (tertiary/aromatic N) is 2. The van der Waals surface area contributed by atoms with Crippen LogP contribution in [0.25, 0.3) is 5.69 Å². The number of ether oxygens (including phenoxy) is 2. The van der Waals surface area contributed by atoms with Crippen molar-refractivity contribution in [2.24, 2.45) is 0 Å². The van der Waals surface area contributed by atoms with E-state index in [1.807, 2.05) is 24.3 Å². The molecule has 3 aromatic rings. The number of halogens is 1. The molecule has 1 fully saturated rings. The Morgan fingerprint density at radius 1 is 1.23 bits per heavy atom. The van der Waals surface area contributed by atoms with Gasteiger partial charge in [-0.3, -0.25) is 4.79 Å². The molecule has 1 N–H and O–H groups in total. The van der Waals surface area contributed by atoms with E-state index >= 15 is 0 Å². The molecule has 2 aromatic carbocycles. The largest absolute Gasteiger partial charge is 0.497 e. The number of rotatable bonds is 9. The first-order valence-corrected chi connectivity index (χ1v) is 9.89. The molecule has 4 rings (SSSR count). The second-order valence-electron chi connectivity index (χ2n) is 7.39. The van der Waals surface area contributed by atoms with Crippen LogP contribution in [0.1, 0.15) is 42.0 Å². The summed E-state index contributed by atoms with van der Waals surface area (Å²) < 4.78 is 27.3. The van der Waals surface area contributed by atoms with Gasteiger partial charge in [0.15, 0.2) is 0 Å². The molecule has 1 aliphatic rings. The highest BCUT2D eigenvalue weighted by molar-refractivity contribution is 5.67. The van der Waals surface area contributed by atoms with Crippen LogP contribution in [0, 0.1) is 5.82 Å².